The van der Waals surface area contributed by atoms with Crippen molar-refractivity contribution in [2.45, 2.75) is 12.5 Å². The van der Waals surface area contributed by atoms with Crippen molar-refractivity contribution in [3.63, 3.8) is 0 Å². The lowest BCUT2D eigenvalue weighted by molar-refractivity contribution is 0.675. The minimum Gasteiger partial charge on any atom is -0.385 e. The smallest absolute Gasteiger partial charge is 0.0371 e. The first-order valence-electron chi connectivity index (χ1n) is 5.80. The van der Waals surface area contributed by atoms with Crippen LogP contribution in [-0.4, -0.2) is 11.5 Å². The standard InChI is InChI=1S/C14H17N3/c15-14(12-4-2-1-3-5-12)8-11-17-13-6-9-16-10-7-13/h1-7,9-10,14H,8,11,15H2,(H,16,17). The van der Waals surface area contributed by atoms with E-state index in [1.807, 2.05) is 30.3 Å². The van der Waals surface area contributed by atoms with E-state index in [1.165, 1.54) is 5.56 Å². The number of anilines is 1. The molecule has 2 aromatic rings. The molecule has 0 radical (unpaired) electrons. The lowest BCUT2D eigenvalue weighted by Gasteiger charge is -2.12. The monoisotopic (exact) mass is 227 g/mol. The van der Waals surface area contributed by atoms with Crippen LogP contribution >= 0.6 is 0 Å². The maximum atomic E-state index is 6.11. The van der Waals surface area contributed by atoms with Crippen LogP contribution in [0, 0.1) is 0 Å². The molecule has 0 saturated carbocycles. The van der Waals surface area contributed by atoms with E-state index < -0.39 is 0 Å². The molecule has 3 nitrogen and oxygen atoms in total. The topological polar surface area (TPSA) is 50.9 Å². The van der Waals surface area contributed by atoms with Gasteiger partial charge in [-0.3, -0.25) is 4.98 Å². The fraction of sp³-hybridized carbons (Fsp3) is 0.214. The summed E-state index contributed by atoms with van der Waals surface area (Å²) in [5.74, 6) is 0. The molecule has 1 aromatic carbocycles. The van der Waals surface area contributed by atoms with E-state index in [-0.39, 0.29) is 6.04 Å². The highest BCUT2D eigenvalue weighted by atomic mass is 14.9. The van der Waals surface area contributed by atoms with Gasteiger partial charge in [0.05, 0.1) is 0 Å². The third-order valence-electron chi connectivity index (χ3n) is 2.69. The molecular formula is C14H17N3. The SMILES string of the molecule is NC(CCNc1ccncc1)c1ccccc1. The lowest BCUT2D eigenvalue weighted by atomic mass is 10.1. The van der Waals surface area contributed by atoms with Crippen LogP contribution in [0.15, 0.2) is 54.9 Å². The Balaban J connectivity index is 1.79. The molecule has 1 atom stereocenters. The van der Waals surface area contributed by atoms with Crippen molar-refractivity contribution in [1.82, 2.24) is 4.98 Å². The maximum Gasteiger partial charge on any atom is 0.0371 e. The predicted octanol–water partition coefficient (Wildman–Crippen LogP) is 2.58. The van der Waals surface area contributed by atoms with Crippen molar-refractivity contribution in [2.75, 3.05) is 11.9 Å². The minimum absolute atomic E-state index is 0.0885. The molecule has 1 aromatic heterocycles. The van der Waals surface area contributed by atoms with Crippen molar-refractivity contribution in [2.24, 2.45) is 5.73 Å². The van der Waals surface area contributed by atoms with Crippen LogP contribution in [0.25, 0.3) is 0 Å². The van der Waals surface area contributed by atoms with Crippen molar-refractivity contribution in [3.8, 4) is 0 Å². The van der Waals surface area contributed by atoms with Gasteiger partial charge in [-0.05, 0) is 24.1 Å². The van der Waals surface area contributed by atoms with Crippen molar-refractivity contribution >= 4 is 5.69 Å². The zero-order valence-corrected chi connectivity index (χ0v) is 9.71. The quantitative estimate of drug-likeness (QED) is 0.825. The molecule has 0 amide bonds. The molecule has 0 saturated heterocycles. The Morgan fingerprint density at radius 2 is 1.76 bits per heavy atom. The Labute approximate surface area is 102 Å². The van der Waals surface area contributed by atoms with Gasteiger partial charge >= 0.3 is 0 Å². The Morgan fingerprint density at radius 3 is 2.47 bits per heavy atom. The highest BCUT2D eigenvalue weighted by Gasteiger charge is 2.04. The summed E-state index contributed by atoms with van der Waals surface area (Å²) in [6.07, 6.45) is 4.46. The molecule has 0 aliphatic heterocycles. The highest BCUT2D eigenvalue weighted by Crippen LogP contribution is 2.13. The molecule has 3 N–H and O–H groups in total. The number of rotatable bonds is 5. The third kappa shape index (κ3) is 3.57. The number of aromatic nitrogens is 1. The summed E-state index contributed by atoms with van der Waals surface area (Å²) in [5, 5.41) is 3.33. The lowest BCUT2D eigenvalue weighted by Crippen LogP contribution is -2.15. The van der Waals surface area contributed by atoms with E-state index in [2.05, 4.69) is 22.4 Å². The molecule has 1 heterocycles. The van der Waals surface area contributed by atoms with Crippen LogP contribution in [0.2, 0.25) is 0 Å². The predicted molar refractivity (Wildman–Crippen MR) is 70.7 cm³/mol. The van der Waals surface area contributed by atoms with Gasteiger partial charge in [-0.1, -0.05) is 30.3 Å². The highest BCUT2D eigenvalue weighted by molar-refractivity contribution is 5.40. The van der Waals surface area contributed by atoms with Gasteiger partial charge in [0, 0.05) is 30.7 Å². The normalized spacial score (nSPS) is 12.1. The van der Waals surface area contributed by atoms with Crippen LogP contribution in [0.3, 0.4) is 0 Å². The number of hydrogen-bond acceptors (Lipinski definition) is 3. The van der Waals surface area contributed by atoms with E-state index in [9.17, 15) is 0 Å². The minimum atomic E-state index is 0.0885. The van der Waals surface area contributed by atoms with Crippen LogP contribution < -0.4 is 11.1 Å². The summed E-state index contributed by atoms with van der Waals surface area (Å²) < 4.78 is 0. The van der Waals surface area contributed by atoms with Gasteiger partial charge in [0.2, 0.25) is 0 Å². The van der Waals surface area contributed by atoms with Gasteiger partial charge in [0.25, 0.3) is 0 Å². The molecule has 1 unspecified atom stereocenters. The number of hydrogen-bond donors (Lipinski definition) is 2. The van der Waals surface area contributed by atoms with Crippen molar-refractivity contribution in [1.29, 1.82) is 0 Å². The number of benzene rings is 1. The van der Waals surface area contributed by atoms with Crippen molar-refractivity contribution in [3.05, 3.63) is 60.4 Å². The summed E-state index contributed by atoms with van der Waals surface area (Å²) in [5.41, 5.74) is 8.37. The van der Waals surface area contributed by atoms with E-state index in [0.717, 1.165) is 18.7 Å². The zero-order valence-electron chi connectivity index (χ0n) is 9.71. The van der Waals surface area contributed by atoms with Crippen LogP contribution in [-0.2, 0) is 0 Å². The summed E-state index contributed by atoms with van der Waals surface area (Å²) in [6, 6.07) is 14.2. The second-order valence-corrected chi connectivity index (χ2v) is 3.97. The van der Waals surface area contributed by atoms with Crippen LogP contribution in [0.1, 0.15) is 18.0 Å². The first-order chi connectivity index (χ1) is 8.36. The molecule has 88 valence electrons. The Morgan fingerprint density at radius 1 is 1.06 bits per heavy atom. The van der Waals surface area contributed by atoms with E-state index in [0.29, 0.717) is 0 Å². The summed E-state index contributed by atoms with van der Waals surface area (Å²) in [4.78, 5) is 3.97. The molecule has 0 bridgehead atoms. The molecule has 2 rings (SSSR count). The number of pyridine rings is 1. The molecule has 0 fully saturated rings. The second kappa shape index (κ2) is 6.01. The Kier molecular flexibility index (Phi) is 4.11. The fourth-order valence-electron chi connectivity index (χ4n) is 1.71. The number of nitrogens with zero attached hydrogens (tertiary/aromatic N) is 1. The molecule has 3 heteroatoms. The van der Waals surface area contributed by atoms with Crippen LogP contribution in [0.5, 0.6) is 0 Å². The van der Waals surface area contributed by atoms with Gasteiger partial charge in [0.1, 0.15) is 0 Å². The summed E-state index contributed by atoms with van der Waals surface area (Å²) in [6.45, 7) is 0.861. The maximum absolute atomic E-state index is 6.11. The third-order valence-corrected chi connectivity index (χ3v) is 2.69. The molecule has 0 aliphatic carbocycles. The van der Waals surface area contributed by atoms with Gasteiger partial charge < -0.3 is 11.1 Å². The van der Waals surface area contributed by atoms with Gasteiger partial charge in [-0.2, -0.15) is 0 Å². The molecular weight excluding hydrogens is 210 g/mol. The molecule has 0 aliphatic rings. The van der Waals surface area contributed by atoms with E-state index in [4.69, 9.17) is 5.73 Å². The fourth-order valence-corrected chi connectivity index (χ4v) is 1.71. The van der Waals surface area contributed by atoms with Gasteiger partial charge in [0.15, 0.2) is 0 Å². The number of nitrogens with one attached hydrogen (secondary N) is 1. The average Bonchev–Trinajstić information content (AvgIpc) is 2.41. The second-order valence-electron chi connectivity index (χ2n) is 3.97. The van der Waals surface area contributed by atoms with E-state index in [1.54, 1.807) is 12.4 Å². The van der Waals surface area contributed by atoms with E-state index >= 15 is 0 Å². The first kappa shape index (κ1) is 11.6. The Bertz CT molecular complexity index is 428. The zero-order chi connectivity index (χ0) is 11.9. The molecule has 0 spiro atoms. The van der Waals surface area contributed by atoms with Gasteiger partial charge in [-0.15, -0.1) is 0 Å². The van der Waals surface area contributed by atoms with Crippen LogP contribution in [0.4, 0.5) is 5.69 Å². The van der Waals surface area contributed by atoms with Crippen molar-refractivity contribution < 1.29 is 0 Å². The Hall–Kier alpha value is -1.87. The largest absolute Gasteiger partial charge is 0.385 e. The first-order valence-corrected chi connectivity index (χ1v) is 5.80. The summed E-state index contributed by atoms with van der Waals surface area (Å²) >= 11 is 0. The molecule has 17 heavy (non-hydrogen) atoms. The average molecular weight is 227 g/mol. The summed E-state index contributed by atoms with van der Waals surface area (Å²) in [7, 11) is 0. The van der Waals surface area contributed by atoms with Gasteiger partial charge in [-0.25, -0.2) is 0 Å². The number of nitrogens with two attached hydrogens (primary N) is 1.